The van der Waals surface area contributed by atoms with Crippen LogP contribution >= 0.6 is 11.3 Å². The van der Waals surface area contributed by atoms with Gasteiger partial charge < -0.3 is 14.6 Å². The van der Waals surface area contributed by atoms with Gasteiger partial charge in [0, 0.05) is 50.9 Å². The highest BCUT2D eigenvalue weighted by atomic mass is 32.1. The summed E-state index contributed by atoms with van der Waals surface area (Å²) in [5.41, 5.74) is 2.10. The molecule has 2 aromatic heterocycles. The number of ketones is 1. The molecule has 0 radical (unpaired) electrons. The first-order valence-electron chi connectivity index (χ1n) is 16.7. The van der Waals surface area contributed by atoms with Gasteiger partial charge in [-0.1, -0.05) is 12.8 Å². The molecule has 0 bridgehead atoms. The lowest BCUT2D eigenvalue weighted by molar-refractivity contribution is 0.0238. The van der Waals surface area contributed by atoms with E-state index in [0.717, 1.165) is 65.4 Å². The number of hydrogen-bond acceptors (Lipinski definition) is 8. The summed E-state index contributed by atoms with van der Waals surface area (Å²) in [5, 5.41) is 11.0. The van der Waals surface area contributed by atoms with E-state index in [2.05, 4.69) is 14.8 Å². The first-order chi connectivity index (χ1) is 22.1. The Morgan fingerprint density at radius 2 is 1.67 bits per heavy atom. The average molecular weight is 626 g/mol. The summed E-state index contributed by atoms with van der Waals surface area (Å²) in [6.45, 7) is 6.25. The Labute approximate surface area is 269 Å². The summed E-state index contributed by atoms with van der Waals surface area (Å²) in [5.74, 6) is 1.51. The number of aromatic nitrogens is 1. The lowest BCUT2D eigenvalue weighted by Crippen LogP contribution is -2.49. The fraction of sp³-hybridized carbons (Fsp3) is 0.459. The lowest BCUT2D eigenvalue weighted by atomic mass is 9.90. The predicted octanol–water partition coefficient (Wildman–Crippen LogP) is 7.55. The van der Waals surface area contributed by atoms with Crippen LogP contribution in [0.3, 0.4) is 0 Å². The van der Waals surface area contributed by atoms with Crippen molar-refractivity contribution in [2.75, 3.05) is 39.3 Å². The van der Waals surface area contributed by atoms with E-state index in [0.29, 0.717) is 29.7 Å². The smallest absolute Gasteiger partial charge is 0.213 e. The van der Waals surface area contributed by atoms with Crippen LogP contribution in [-0.4, -0.2) is 77.2 Å². The van der Waals surface area contributed by atoms with Crippen molar-refractivity contribution >= 4 is 27.2 Å². The maximum absolute atomic E-state index is 14.1. The molecule has 45 heavy (non-hydrogen) atoms. The number of likely N-dealkylation sites (tertiary alicyclic amines) is 2. The molecule has 4 heterocycles. The highest BCUT2D eigenvalue weighted by Gasteiger charge is 2.32. The second kappa shape index (κ2) is 13.9. The second-order valence-electron chi connectivity index (χ2n) is 12.7. The largest absolute Gasteiger partial charge is 0.508 e. The minimum Gasteiger partial charge on any atom is -0.508 e. The lowest BCUT2D eigenvalue weighted by Gasteiger charge is -2.41. The van der Waals surface area contributed by atoms with Crippen molar-refractivity contribution in [2.45, 2.75) is 69.9 Å². The Hall–Kier alpha value is -3.46. The molecule has 236 valence electrons. The van der Waals surface area contributed by atoms with Gasteiger partial charge in [0.25, 0.3) is 0 Å². The van der Waals surface area contributed by atoms with Gasteiger partial charge in [-0.25, -0.2) is 4.98 Å². The number of phenols is 1. The van der Waals surface area contributed by atoms with E-state index in [4.69, 9.17) is 9.47 Å². The van der Waals surface area contributed by atoms with Crippen molar-refractivity contribution in [3.8, 4) is 27.8 Å². The van der Waals surface area contributed by atoms with Gasteiger partial charge in [-0.15, -0.1) is 11.3 Å². The molecule has 8 heteroatoms. The van der Waals surface area contributed by atoms with Gasteiger partial charge in [0.2, 0.25) is 5.88 Å². The van der Waals surface area contributed by atoms with E-state index in [1.165, 1.54) is 62.7 Å². The molecule has 3 fully saturated rings. The molecular formula is C37H43N3O4S. The number of rotatable bonds is 10. The zero-order chi connectivity index (χ0) is 30.6. The topological polar surface area (TPSA) is 75.1 Å². The monoisotopic (exact) mass is 625 g/mol. The number of aromatic hydroxyl groups is 1. The summed E-state index contributed by atoms with van der Waals surface area (Å²) >= 11 is 1.52. The third-order valence-corrected chi connectivity index (χ3v) is 10.9. The third kappa shape index (κ3) is 6.88. The standard InChI is InChI=1S/C37H43N3O4S/c41-28-13-16-30-33(24-28)45-37(26-10-14-29(15-11-26)43-23-22-39-18-6-7-19-39)35(30)36(42)27-12-17-34(38-25-27)44-32-9-3-2-8-31(32)40-20-4-1-5-21-40/h10-17,24-25,31-32,41H,1-9,18-23H2. The molecule has 1 saturated carbocycles. The van der Waals surface area contributed by atoms with Crippen LogP contribution in [0.15, 0.2) is 60.8 Å². The van der Waals surface area contributed by atoms with E-state index in [9.17, 15) is 9.90 Å². The Morgan fingerprint density at radius 3 is 2.44 bits per heavy atom. The highest BCUT2D eigenvalue weighted by molar-refractivity contribution is 7.22. The van der Waals surface area contributed by atoms with Crippen LogP contribution in [0.25, 0.3) is 20.5 Å². The van der Waals surface area contributed by atoms with Crippen LogP contribution in [0.2, 0.25) is 0 Å². The minimum atomic E-state index is -0.0872. The normalized spacial score (nSPS) is 21.2. The Bertz CT molecular complexity index is 1590. The number of fused-ring (bicyclic) bond motifs is 1. The van der Waals surface area contributed by atoms with Gasteiger partial charge in [0.1, 0.15) is 24.2 Å². The number of pyridine rings is 1. The van der Waals surface area contributed by atoms with Crippen LogP contribution < -0.4 is 9.47 Å². The fourth-order valence-electron chi connectivity index (χ4n) is 7.28. The maximum atomic E-state index is 14.1. The molecule has 3 aliphatic rings. The van der Waals surface area contributed by atoms with Gasteiger partial charge in [-0.3, -0.25) is 14.6 Å². The molecule has 2 saturated heterocycles. The van der Waals surface area contributed by atoms with E-state index < -0.39 is 0 Å². The first kappa shape index (κ1) is 30.2. The molecule has 0 spiro atoms. The molecule has 2 unspecified atom stereocenters. The zero-order valence-electron chi connectivity index (χ0n) is 26.0. The van der Waals surface area contributed by atoms with Gasteiger partial charge >= 0.3 is 0 Å². The average Bonchev–Trinajstić information content (AvgIpc) is 3.74. The number of ether oxygens (including phenoxy) is 2. The number of carbonyl (C=O) groups is 1. The number of phenolic OH excluding ortho intramolecular Hbond substituents is 1. The van der Waals surface area contributed by atoms with E-state index in [1.807, 2.05) is 42.5 Å². The number of piperidine rings is 1. The third-order valence-electron chi connectivity index (χ3n) is 9.69. The summed E-state index contributed by atoms with van der Waals surface area (Å²) < 4.78 is 13.4. The van der Waals surface area contributed by atoms with Gasteiger partial charge in [0.15, 0.2) is 5.78 Å². The van der Waals surface area contributed by atoms with Crippen molar-refractivity contribution in [3.05, 3.63) is 71.9 Å². The Morgan fingerprint density at radius 1 is 0.889 bits per heavy atom. The van der Waals surface area contributed by atoms with Crippen molar-refractivity contribution in [1.82, 2.24) is 14.8 Å². The molecule has 1 aliphatic carbocycles. The minimum absolute atomic E-state index is 0.0872. The molecular weight excluding hydrogens is 582 g/mol. The molecule has 7 nitrogen and oxygen atoms in total. The summed E-state index contributed by atoms with van der Waals surface area (Å²) in [6, 6.07) is 17.3. The van der Waals surface area contributed by atoms with E-state index in [-0.39, 0.29) is 17.6 Å². The van der Waals surface area contributed by atoms with Crippen molar-refractivity contribution < 1.29 is 19.4 Å². The molecule has 2 atom stereocenters. The number of hydrogen-bond donors (Lipinski definition) is 1. The maximum Gasteiger partial charge on any atom is 0.213 e. The van der Waals surface area contributed by atoms with Crippen LogP contribution in [0.5, 0.6) is 17.4 Å². The molecule has 4 aromatic rings. The summed E-state index contributed by atoms with van der Waals surface area (Å²) in [6.07, 6.45) is 12.9. The Kier molecular flexibility index (Phi) is 9.33. The molecule has 1 N–H and O–H groups in total. The summed E-state index contributed by atoms with van der Waals surface area (Å²) in [4.78, 5) is 24.7. The number of benzene rings is 2. The van der Waals surface area contributed by atoms with Gasteiger partial charge in [-0.05, 0) is 125 Å². The molecule has 0 amide bonds. The number of thiophene rings is 1. The fourth-order valence-corrected chi connectivity index (χ4v) is 8.52. The van der Waals surface area contributed by atoms with E-state index >= 15 is 0 Å². The van der Waals surface area contributed by atoms with Gasteiger partial charge in [0.05, 0.1) is 0 Å². The van der Waals surface area contributed by atoms with Crippen LogP contribution in [0, 0.1) is 0 Å². The van der Waals surface area contributed by atoms with Crippen LogP contribution in [0.1, 0.15) is 73.7 Å². The predicted molar refractivity (Wildman–Crippen MR) is 180 cm³/mol. The number of nitrogens with zero attached hydrogens (tertiary/aromatic N) is 3. The Balaban J connectivity index is 1.09. The molecule has 7 rings (SSSR count). The van der Waals surface area contributed by atoms with Crippen molar-refractivity contribution in [2.24, 2.45) is 0 Å². The SMILES string of the molecule is O=C(c1ccc(OC2CCCCC2N2CCCCC2)nc1)c1c(-c2ccc(OCCN3CCCC3)cc2)sc2cc(O)ccc12. The highest BCUT2D eigenvalue weighted by Crippen LogP contribution is 2.41. The van der Waals surface area contributed by atoms with Crippen LogP contribution in [0.4, 0.5) is 0 Å². The first-order valence-corrected chi connectivity index (χ1v) is 17.6. The van der Waals surface area contributed by atoms with Crippen molar-refractivity contribution in [1.29, 1.82) is 0 Å². The zero-order valence-corrected chi connectivity index (χ0v) is 26.8. The van der Waals surface area contributed by atoms with Crippen molar-refractivity contribution in [3.63, 3.8) is 0 Å². The van der Waals surface area contributed by atoms with Gasteiger partial charge in [-0.2, -0.15) is 0 Å². The van der Waals surface area contributed by atoms with E-state index in [1.54, 1.807) is 18.3 Å². The second-order valence-corrected chi connectivity index (χ2v) is 13.8. The van der Waals surface area contributed by atoms with Crippen LogP contribution in [-0.2, 0) is 0 Å². The number of carbonyl (C=O) groups excluding carboxylic acids is 1. The molecule has 2 aliphatic heterocycles. The quantitative estimate of drug-likeness (QED) is 0.182. The molecule has 2 aromatic carbocycles. The summed E-state index contributed by atoms with van der Waals surface area (Å²) in [7, 11) is 0.